The predicted octanol–water partition coefficient (Wildman–Crippen LogP) is -0.0959. The van der Waals surface area contributed by atoms with E-state index in [1.165, 1.54) is 10.9 Å². The molecule has 3 heterocycles. The fourth-order valence-corrected chi connectivity index (χ4v) is 3.94. The molecule has 0 aromatic carbocycles. The molecule has 144 valence electrons. The third-order valence-corrected chi connectivity index (χ3v) is 5.94. The van der Waals surface area contributed by atoms with Gasteiger partial charge in [-0.25, -0.2) is 4.98 Å². The molecule has 0 aliphatic carbocycles. The summed E-state index contributed by atoms with van der Waals surface area (Å²) in [5.41, 5.74) is 0.0964. The van der Waals surface area contributed by atoms with Crippen molar-refractivity contribution in [2.24, 2.45) is 0 Å². The Hall–Kier alpha value is -1.67. The van der Waals surface area contributed by atoms with Gasteiger partial charge in [0, 0.05) is 14.1 Å². The van der Waals surface area contributed by atoms with Crippen LogP contribution in [0.5, 0.6) is 0 Å². The van der Waals surface area contributed by atoms with Crippen LogP contribution < -0.4 is 10.5 Å². The summed E-state index contributed by atoms with van der Waals surface area (Å²) < 4.78 is 7.43. The highest BCUT2D eigenvalue weighted by atomic mass is 31.2. The molecule has 0 saturated carbocycles. The topological polar surface area (TPSA) is 117 Å². The Bertz CT molecular complexity index is 902. The van der Waals surface area contributed by atoms with Crippen molar-refractivity contribution in [1.29, 1.82) is 0 Å². The molecule has 1 aliphatic rings. The maximum absolute atomic E-state index is 12.2. The second-order valence-electron chi connectivity index (χ2n) is 7.60. The van der Waals surface area contributed by atoms with Gasteiger partial charge in [0.25, 0.3) is 5.56 Å². The van der Waals surface area contributed by atoms with E-state index in [0.717, 1.165) is 6.16 Å². The molecule has 0 bridgehead atoms. The lowest BCUT2D eigenvalue weighted by Gasteiger charge is -2.18. The quantitative estimate of drug-likeness (QED) is 0.618. The summed E-state index contributed by atoms with van der Waals surface area (Å²) in [6, 6.07) is 0. The molecule has 2 aromatic rings. The van der Waals surface area contributed by atoms with E-state index in [4.69, 9.17) is 4.74 Å². The lowest BCUT2D eigenvalue weighted by Crippen LogP contribution is -2.32. The highest BCUT2D eigenvalue weighted by Crippen LogP contribution is 2.39. The van der Waals surface area contributed by atoms with Crippen LogP contribution >= 0.6 is 6.89 Å². The standard InChI is InChI=1S/C16H26N5O4P/c1-20(2)16-18-13-10(14(24)19-16)17-8-21(13)15-12(23)11(22)9(25-15)6-7-26(3,4)5/h8-9,11-12,15,22-23H,3,6-7H2,1-2,4-5H3,(H,18,19,24)/t9-,11-,12-,15?/m1/s1. The molecule has 1 fully saturated rings. The molecule has 3 N–H and O–H groups in total. The summed E-state index contributed by atoms with van der Waals surface area (Å²) in [4.78, 5) is 25.0. The highest BCUT2D eigenvalue weighted by molar-refractivity contribution is 7.72. The molecule has 4 atom stereocenters. The molecular formula is C16H26N5O4P. The van der Waals surface area contributed by atoms with Crippen LogP contribution in [0.4, 0.5) is 5.95 Å². The zero-order chi connectivity index (χ0) is 19.2. The number of aliphatic hydroxyl groups excluding tert-OH is 2. The van der Waals surface area contributed by atoms with Gasteiger partial charge in [0.05, 0.1) is 12.4 Å². The number of aliphatic hydroxyl groups is 2. The van der Waals surface area contributed by atoms with E-state index in [9.17, 15) is 15.0 Å². The molecular weight excluding hydrogens is 357 g/mol. The van der Waals surface area contributed by atoms with E-state index < -0.39 is 31.4 Å². The monoisotopic (exact) mass is 383 g/mol. The maximum Gasteiger partial charge on any atom is 0.280 e. The summed E-state index contributed by atoms with van der Waals surface area (Å²) in [7, 11) is 3.52. The number of hydrogen-bond acceptors (Lipinski definition) is 7. The Balaban J connectivity index is 1.93. The van der Waals surface area contributed by atoms with Crippen LogP contribution in [-0.2, 0) is 4.74 Å². The van der Waals surface area contributed by atoms with Gasteiger partial charge in [-0.05, 0) is 25.9 Å². The first-order chi connectivity index (χ1) is 12.1. The molecule has 9 nitrogen and oxygen atoms in total. The minimum absolute atomic E-state index is 0.161. The van der Waals surface area contributed by atoms with Crippen LogP contribution in [0.1, 0.15) is 12.6 Å². The van der Waals surface area contributed by atoms with Crippen molar-refractivity contribution in [2.75, 3.05) is 38.5 Å². The molecule has 10 heteroatoms. The summed E-state index contributed by atoms with van der Waals surface area (Å²) in [5.74, 6) is 0.373. The largest absolute Gasteiger partial charge is 0.388 e. The van der Waals surface area contributed by atoms with Gasteiger partial charge in [-0.1, -0.05) is 0 Å². The zero-order valence-electron chi connectivity index (χ0n) is 15.5. The van der Waals surface area contributed by atoms with Gasteiger partial charge in [0.2, 0.25) is 5.95 Å². The minimum atomic E-state index is -1.26. The number of hydrogen-bond donors (Lipinski definition) is 3. The van der Waals surface area contributed by atoms with Crippen LogP contribution in [0.15, 0.2) is 11.1 Å². The van der Waals surface area contributed by atoms with E-state index in [0.29, 0.717) is 18.0 Å². The van der Waals surface area contributed by atoms with Crippen LogP contribution in [0, 0.1) is 0 Å². The number of nitrogens with zero attached hydrogens (tertiary/aromatic N) is 4. The van der Waals surface area contributed by atoms with E-state index in [2.05, 4.69) is 34.6 Å². The Kier molecular flexibility index (Phi) is 5.00. The number of aromatic amines is 1. The van der Waals surface area contributed by atoms with Gasteiger partial charge in [-0.3, -0.25) is 14.3 Å². The number of nitrogens with one attached hydrogen (secondary N) is 1. The Morgan fingerprint density at radius 1 is 1.38 bits per heavy atom. The van der Waals surface area contributed by atoms with Gasteiger partial charge >= 0.3 is 0 Å². The van der Waals surface area contributed by atoms with Crippen molar-refractivity contribution in [3.63, 3.8) is 0 Å². The lowest BCUT2D eigenvalue weighted by atomic mass is 10.1. The average molecular weight is 383 g/mol. The van der Waals surface area contributed by atoms with Crippen molar-refractivity contribution in [3.05, 3.63) is 16.7 Å². The summed E-state index contributed by atoms with van der Waals surface area (Å²) >= 11 is 0. The predicted molar refractivity (Wildman–Crippen MR) is 104 cm³/mol. The number of fused-ring (bicyclic) bond motifs is 1. The average Bonchev–Trinajstić information content (AvgIpc) is 3.08. The number of ether oxygens (including phenoxy) is 1. The smallest absolute Gasteiger partial charge is 0.280 e. The number of aromatic nitrogens is 4. The van der Waals surface area contributed by atoms with Crippen molar-refractivity contribution in [3.8, 4) is 0 Å². The second kappa shape index (κ2) is 6.81. The van der Waals surface area contributed by atoms with Crippen LogP contribution in [0.3, 0.4) is 0 Å². The number of rotatable bonds is 5. The zero-order valence-corrected chi connectivity index (χ0v) is 16.3. The molecule has 2 aromatic heterocycles. The van der Waals surface area contributed by atoms with Gasteiger partial charge in [0.1, 0.15) is 12.2 Å². The summed E-state index contributed by atoms with van der Waals surface area (Å²) in [5, 5.41) is 20.9. The first-order valence-electron chi connectivity index (χ1n) is 8.41. The number of imidazole rings is 1. The molecule has 0 radical (unpaired) electrons. The molecule has 0 spiro atoms. The van der Waals surface area contributed by atoms with Crippen molar-refractivity contribution < 1.29 is 14.9 Å². The van der Waals surface area contributed by atoms with Crippen molar-refractivity contribution >= 4 is 30.3 Å². The molecule has 3 rings (SSSR count). The molecule has 1 aliphatic heterocycles. The Labute approximate surface area is 151 Å². The van der Waals surface area contributed by atoms with Crippen LogP contribution in [0.25, 0.3) is 11.2 Å². The van der Waals surface area contributed by atoms with E-state index in [1.54, 1.807) is 19.0 Å². The van der Waals surface area contributed by atoms with Gasteiger partial charge in [0.15, 0.2) is 17.4 Å². The fraction of sp³-hybridized carbons (Fsp3) is 0.625. The first kappa shape index (κ1) is 19.1. The normalized spacial score (nSPS) is 26.5. The third kappa shape index (κ3) is 3.57. The Morgan fingerprint density at radius 2 is 2.08 bits per heavy atom. The summed E-state index contributed by atoms with van der Waals surface area (Å²) in [6.45, 7) is 2.97. The minimum Gasteiger partial charge on any atom is -0.388 e. The highest BCUT2D eigenvalue weighted by Gasteiger charge is 2.44. The van der Waals surface area contributed by atoms with Crippen molar-refractivity contribution in [2.45, 2.75) is 31.0 Å². The first-order valence-corrected chi connectivity index (χ1v) is 11.5. The lowest BCUT2D eigenvalue weighted by molar-refractivity contribution is -0.0353. The molecule has 26 heavy (non-hydrogen) atoms. The Morgan fingerprint density at radius 3 is 2.69 bits per heavy atom. The summed E-state index contributed by atoms with van der Waals surface area (Å²) in [6.07, 6.45) is 3.54. The van der Waals surface area contributed by atoms with E-state index in [1.807, 2.05) is 0 Å². The van der Waals surface area contributed by atoms with E-state index in [-0.39, 0.29) is 11.1 Å². The molecule has 1 saturated heterocycles. The maximum atomic E-state index is 12.2. The third-order valence-electron chi connectivity index (χ3n) is 4.47. The molecule has 1 unspecified atom stereocenters. The van der Waals surface area contributed by atoms with Gasteiger partial charge in [-0.15, -0.1) is 13.2 Å². The number of anilines is 1. The van der Waals surface area contributed by atoms with Gasteiger partial charge < -0.3 is 19.8 Å². The van der Waals surface area contributed by atoms with Crippen LogP contribution in [0.2, 0.25) is 0 Å². The molecule has 0 amide bonds. The SMILES string of the molecule is C=P(C)(C)CC[C@H]1OC(n2cnc3c(=O)[nH]c(N(C)C)nc32)[C@H](O)[C@@H]1O. The number of H-pyrrole nitrogens is 1. The van der Waals surface area contributed by atoms with Crippen LogP contribution in [-0.4, -0.2) is 87.9 Å². The van der Waals surface area contributed by atoms with E-state index >= 15 is 0 Å². The van der Waals surface area contributed by atoms with Crippen molar-refractivity contribution in [1.82, 2.24) is 19.5 Å². The van der Waals surface area contributed by atoms with Gasteiger partial charge in [-0.2, -0.15) is 4.98 Å². The fourth-order valence-electron chi connectivity index (χ4n) is 2.99. The second-order valence-corrected chi connectivity index (χ2v) is 11.9.